The van der Waals surface area contributed by atoms with Crippen LogP contribution >= 0.6 is 0 Å². The standard InChI is InChI=1S/C17H15N7O2/c25-17(7-11-4-5-12-9-18-20-15(12)6-11)19-13-2-1-3-14(8-13)26-10-16-21-23-24-22-16/h1-6,8-9H,7,10H2,(H,18,20)(H,19,25)(H,21,22,23,24). The van der Waals surface area contributed by atoms with E-state index in [1.165, 1.54) is 0 Å². The molecular weight excluding hydrogens is 334 g/mol. The first-order valence-corrected chi connectivity index (χ1v) is 7.93. The van der Waals surface area contributed by atoms with Gasteiger partial charge in [-0.1, -0.05) is 23.4 Å². The summed E-state index contributed by atoms with van der Waals surface area (Å²) in [6, 6.07) is 12.9. The number of amides is 1. The van der Waals surface area contributed by atoms with Crippen molar-refractivity contribution in [1.29, 1.82) is 0 Å². The number of nitrogens with one attached hydrogen (secondary N) is 3. The van der Waals surface area contributed by atoms with Gasteiger partial charge in [0.2, 0.25) is 11.7 Å². The minimum Gasteiger partial charge on any atom is -0.485 e. The molecule has 0 spiro atoms. The van der Waals surface area contributed by atoms with E-state index in [1.807, 2.05) is 18.2 Å². The van der Waals surface area contributed by atoms with Crippen LogP contribution in [0.1, 0.15) is 11.4 Å². The zero-order chi connectivity index (χ0) is 17.8. The van der Waals surface area contributed by atoms with Crippen molar-refractivity contribution in [3.05, 3.63) is 60.0 Å². The summed E-state index contributed by atoms with van der Waals surface area (Å²) in [5, 5.41) is 24.2. The monoisotopic (exact) mass is 349 g/mol. The van der Waals surface area contributed by atoms with Crippen LogP contribution in [0.4, 0.5) is 5.69 Å². The van der Waals surface area contributed by atoms with Gasteiger partial charge in [0.1, 0.15) is 5.75 Å². The van der Waals surface area contributed by atoms with E-state index >= 15 is 0 Å². The SMILES string of the molecule is O=C(Cc1ccc2cn[nH]c2c1)Nc1cccc(OCc2nn[nH]n2)c1. The third-order valence-electron chi connectivity index (χ3n) is 3.75. The number of nitrogens with zero attached hydrogens (tertiary/aromatic N) is 4. The molecule has 0 fully saturated rings. The Morgan fingerprint density at radius 1 is 1.19 bits per heavy atom. The molecular formula is C17H15N7O2. The first-order chi connectivity index (χ1) is 12.8. The van der Waals surface area contributed by atoms with E-state index < -0.39 is 0 Å². The van der Waals surface area contributed by atoms with Crippen LogP contribution < -0.4 is 10.1 Å². The molecule has 130 valence electrons. The molecule has 0 radical (unpaired) electrons. The van der Waals surface area contributed by atoms with Crippen LogP contribution in [0.25, 0.3) is 10.9 Å². The van der Waals surface area contributed by atoms with Crippen molar-refractivity contribution < 1.29 is 9.53 Å². The quantitative estimate of drug-likeness (QED) is 0.488. The number of carbonyl (C=O) groups is 1. The normalized spacial score (nSPS) is 10.8. The Morgan fingerprint density at radius 3 is 3.04 bits per heavy atom. The summed E-state index contributed by atoms with van der Waals surface area (Å²) < 4.78 is 5.58. The second kappa shape index (κ2) is 7.01. The molecule has 0 saturated carbocycles. The van der Waals surface area contributed by atoms with Crippen LogP contribution in [-0.2, 0) is 17.8 Å². The van der Waals surface area contributed by atoms with Gasteiger partial charge in [-0.15, -0.1) is 10.2 Å². The number of fused-ring (bicyclic) bond motifs is 1. The zero-order valence-electron chi connectivity index (χ0n) is 13.6. The number of rotatable bonds is 6. The minimum atomic E-state index is -0.112. The number of hydrogen-bond acceptors (Lipinski definition) is 6. The summed E-state index contributed by atoms with van der Waals surface area (Å²) in [5.41, 5.74) is 2.47. The van der Waals surface area contributed by atoms with Crippen molar-refractivity contribution in [1.82, 2.24) is 30.8 Å². The van der Waals surface area contributed by atoms with Crippen molar-refractivity contribution in [3.63, 3.8) is 0 Å². The van der Waals surface area contributed by atoms with Crippen molar-refractivity contribution in [2.24, 2.45) is 0 Å². The summed E-state index contributed by atoms with van der Waals surface area (Å²) >= 11 is 0. The van der Waals surface area contributed by atoms with Gasteiger partial charge < -0.3 is 10.1 Å². The maximum atomic E-state index is 12.3. The molecule has 4 aromatic rings. The number of aromatic nitrogens is 6. The number of ether oxygens (including phenoxy) is 1. The molecule has 0 bridgehead atoms. The maximum absolute atomic E-state index is 12.3. The minimum absolute atomic E-state index is 0.112. The number of tetrazole rings is 1. The first-order valence-electron chi connectivity index (χ1n) is 7.93. The Kier molecular flexibility index (Phi) is 4.25. The Hall–Kier alpha value is -3.75. The van der Waals surface area contributed by atoms with Gasteiger partial charge in [-0.2, -0.15) is 10.3 Å². The van der Waals surface area contributed by atoms with Gasteiger partial charge in [-0.05, 0) is 23.8 Å². The Morgan fingerprint density at radius 2 is 2.15 bits per heavy atom. The predicted octanol–water partition coefficient (Wildman–Crippen LogP) is 1.84. The topological polar surface area (TPSA) is 121 Å². The van der Waals surface area contributed by atoms with E-state index in [-0.39, 0.29) is 18.9 Å². The van der Waals surface area contributed by atoms with E-state index in [0.717, 1.165) is 16.5 Å². The van der Waals surface area contributed by atoms with Crippen molar-refractivity contribution in [2.75, 3.05) is 5.32 Å². The van der Waals surface area contributed by atoms with Crippen molar-refractivity contribution in [3.8, 4) is 5.75 Å². The second-order valence-corrected chi connectivity index (χ2v) is 5.66. The molecule has 9 nitrogen and oxygen atoms in total. The number of carbonyl (C=O) groups excluding carboxylic acids is 1. The number of H-pyrrole nitrogens is 2. The lowest BCUT2D eigenvalue weighted by Crippen LogP contribution is -2.14. The van der Waals surface area contributed by atoms with Gasteiger partial charge in [0, 0.05) is 17.1 Å². The molecule has 0 aliphatic rings. The number of benzene rings is 2. The van der Waals surface area contributed by atoms with Gasteiger partial charge in [0.15, 0.2) is 6.61 Å². The molecule has 2 heterocycles. The molecule has 0 aliphatic carbocycles. The molecule has 4 rings (SSSR count). The van der Waals surface area contributed by atoms with Crippen LogP contribution in [0.15, 0.2) is 48.7 Å². The van der Waals surface area contributed by atoms with E-state index in [2.05, 4.69) is 36.1 Å². The zero-order valence-corrected chi connectivity index (χ0v) is 13.6. The number of anilines is 1. The fourth-order valence-electron chi connectivity index (χ4n) is 2.54. The van der Waals surface area contributed by atoms with Gasteiger partial charge in [-0.3, -0.25) is 9.89 Å². The van der Waals surface area contributed by atoms with Crippen LogP contribution in [0.2, 0.25) is 0 Å². The highest BCUT2D eigenvalue weighted by Crippen LogP contribution is 2.19. The lowest BCUT2D eigenvalue weighted by molar-refractivity contribution is -0.115. The summed E-state index contributed by atoms with van der Waals surface area (Å²) in [6.45, 7) is 0.193. The van der Waals surface area contributed by atoms with Crippen LogP contribution in [0, 0.1) is 0 Å². The lowest BCUT2D eigenvalue weighted by Gasteiger charge is -2.08. The van der Waals surface area contributed by atoms with E-state index in [9.17, 15) is 4.79 Å². The van der Waals surface area contributed by atoms with Gasteiger partial charge >= 0.3 is 0 Å². The highest BCUT2D eigenvalue weighted by molar-refractivity contribution is 5.93. The fourth-order valence-corrected chi connectivity index (χ4v) is 2.54. The third kappa shape index (κ3) is 3.66. The molecule has 3 N–H and O–H groups in total. The Balaban J connectivity index is 1.38. The summed E-state index contributed by atoms with van der Waals surface area (Å²) in [4.78, 5) is 12.3. The Bertz CT molecular complexity index is 1030. The van der Waals surface area contributed by atoms with E-state index in [0.29, 0.717) is 17.3 Å². The smallest absolute Gasteiger partial charge is 0.228 e. The van der Waals surface area contributed by atoms with Gasteiger partial charge in [0.05, 0.1) is 18.1 Å². The molecule has 2 aromatic heterocycles. The summed E-state index contributed by atoms with van der Waals surface area (Å²) in [7, 11) is 0. The van der Waals surface area contributed by atoms with Crippen LogP contribution in [-0.4, -0.2) is 36.7 Å². The highest BCUT2D eigenvalue weighted by Gasteiger charge is 2.07. The average molecular weight is 349 g/mol. The molecule has 0 aliphatic heterocycles. The van der Waals surface area contributed by atoms with Gasteiger partial charge in [0.25, 0.3) is 0 Å². The van der Waals surface area contributed by atoms with E-state index in [1.54, 1.807) is 30.5 Å². The second-order valence-electron chi connectivity index (χ2n) is 5.66. The maximum Gasteiger partial charge on any atom is 0.228 e. The highest BCUT2D eigenvalue weighted by atomic mass is 16.5. The van der Waals surface area contributed by atoms with Crippen LogP contribution in [0.3, 0.4) is 0 Å². The number of aromatic amines is 2. The fraction of sp³-hybridized carbons (Fsp3) is 0.118. The Labute approximate surface area is 147 Å². The van der Waals surface area contributed by atoms with Crippen LogP contribution in [0.5, 0.6) is 5.75 Å². The molecule has 26 heavy (non-hydrogen) atoms. The third-order valence-corrected chi connectivity index (χ3v) is 3.75. The molecule has 1 amide bonds. The first kappa shape index (κ1) is 15.8. The lowest BCUT2D eigenvalue weighted by atomic mass is 10.1. The van der Waals surface area contributed by atoms with E-state index in [4.69, 9.17) is 4.74 Å². The predicted molar refractivity (Wildman–Crippen MR) is 93.4 cm³/mol. The largest absolute Gasteiger partial charge is 0.485 e. The molecule has 0 atom stereocenters. The molecule has 0 saturated heterocycles. The summed E-state index contributed by atoms with van der Waals surface area (Å²) in [6.07, 6.45) is 2.02. The van der Waals surface area contributed by atoms with Gasteiger partial charge in [-0.25, -0.2) is 0 Å². The molecule has 9 heteroatoms. The average Bonchev–Trinajstić information content (AvgIpc) is 3.31. The molecule has 2 aromatic carbocycles. The van der Waals surface area contributed by atoms with Crippen molar-refractivity contribution >= 4 is 22.5 Å². The summed E-state index contributed by atoms with van der Waals surface area (Å²) in [5.74, 6) is 0.944. The molecule has 0 unspecified atom stereocenters. The van der Waals surface area contributed by atoms with Crippen molar-refractivity contribution in [2.45, 2.75) is 13.0 Å². The number of hydrogen-bond donors (Lipinski definition) is 3.